The molecule has 0 amide bonds. The largest absolute Gasteiger partial charge is 0.324 e. The van der Waals surface area contributed by atoms with Crippen molar-refractivity contribution in [3.8, 4) is 0 Å². The zero-order valence-corrected chi connectivity index (χ0v) is 8.28. The number of hydrogen-bond acceptors (Lipinski definition) is 3. The summed E-state index contributed by atoms with van der Waals surface area (Å²) >= 11 is 2.04. The molecule has 1 aliphatic heterocycles. The van der Waals surface area contributed by atoms with Crippen LogP contribution in [0.1, 0.15) is 13.8 Å². The smallest absolute Gasteiger partial charge is 0.0226 e. The fraction of sp³-hybridized carbons (Fsp3) is 1.00. The average Bonchev–Trinajstić information content (AvgIpc) is 1.85. The fourth-order valence-electron chi connectivity index (χ4n) is 1.34. The van der Waals surface area contributed by atoms with Crippen molar-refractivity contribution in [2.45, 2.75) is 19.4 Å². The van der Waals surface area contributed by atoms with Crippen LogP contribution in [0.2, 0.25) is 0 Å². The molecule has 0 atom stereocenters. The first-order chi connectivity index (χ1) is 5.08. The van der Waals surface area contributed by atoms with Crippen LogP contribution in [0.5, 0.6) is 0 Å². The third-order valence-corrected chi connectivity index (χ3v) is 2.68. The first-order valence-electron chi connectivity index (χ1n) is 4.17. The fourth-order valence-corrected chi connectivity index (χ4v) is 2.31. The van der Waals surface area contributed by atoms with Gasteiger partial charge in [0.05, 0.1) is 0 Å². The van der Waals surface area contributed by atoms with Crippen LogP contribution in [0, 0.1) is 0 Å². The molecule has 0 aromatic heterocycles. The zero-order chi connectivity index (χ0) is 8.32. The van der Waals surface area contributed by atoms with Gasteiger partial charge in [0.1, 0.15) is 0 Å². The third-order valence-electron chi connectivity index (χ3n) is 1.73. The maximum absolute atomic E-state index is 5.92. The molecule has 3 heteroatoms. The second-order valence-corrected chi connectivity index (χ2v) is 5.10. The minimum absolute atomic E-state index is 0.0258. The summed E-state index contributed by atoms with van der Waals surface area (Å²) in [6.45, 7) is 7.65. The first-order valence-corrected chi connectivity index (χ1v) is 5.32. The van der Waals surface area contributed by atoms with E-state index in [0.717, 1.165) is 6.54 Å². The van der Waals surface area contributed by atoms with Crippen LogP contribution in [-0.2, 0) is 0 Å². The van der Waals surface area contributed by atoms with Crippen LogP contribution in [0.15, 0.2) is 0 Å². The quantitative estimate of drug-likeness (QED) is 0.670. The first kappa shape index (κ1) is 9.36. The van der Waals surface area contributed by atoms with Gasteiger partial charge in [-0.2, -0.15) is 11.8 Å². The molecule has 0 spiro atoms. The standard InChI is InChI=1S/C8H18N2S/c1-8(2,9)7-10-3-5-11-6-4-10/h3-7,9H2,1-2H3. The lowest BCUT2D eigenvalue weighted by molar-refractivity contribution is 0.246. The number of thioether (sulfide) groups is 1. The summed E-state index contributed by atoms with van der Waals surface area (Å²) in [5.41, 5.74) is 5.89. The van der Waals surface area contributed by atoms with Crippen molar-refractivity contribution in [2.75, 3.05) is 31.1 Å². The summed E-state index contributed by atoms with van der Waals surface area (Å²) in [4.78, 5) is 2.45. The number of nitrogens with two attached hydrogens (primary N) is 1. The monoisotopic (exact) mass is 174 g/mol. The van der Waals surface area contributed by atoms with Gasteiger partial charge in [-0.25, -0.2) is 0 Å². The number of rotatable bonds is 2. The molecule has 1 rings (SSSR count). The second kappa shape index (κ2) is 3.78. The van der Waals surface area contributed by atoms with Crippen molar-refractivity contribution in [3.63, 3.8) is 0 Å². The molecule has 11 heavy (non-hydrogen) atoms. The Kier molecular flexibility index (Phi) is 3.22. The molecule has 0 aliphatic carbocycles. The normalized spacial score (nSPS) is 22.1. The van der Waals surface area contributed by atoms with Crippen molar-refractivity contribution in [1.82, 2.24) is 4.90 Å². The lowest BCUT2D eigenvalue weighted by atomic mass is 10.1. The van der Waals surface area contributed by atoms with Crippen LogP contribution in [0.4, 0.5) is 0 Å². The van der Waals surface area contributed by atoms with Crippen LogP contribution in [0.25, 0.3) is 0 Å². The Labute approximate surface area is 73.5 Å². The van der Waals surface area contributed by atoms with E-state index in [1.54, 1.807) is 0 Å². The molecular formula is C8H18N2S. The molecule has 0 bridgehead atoms. The maximum atomic E-state index is 5.92. The molecule has 0 aromatic carbocycles. The van der Waals surface area contributed by atoms with Gasteiger partial charge in [0, 0.05) is 36.7 Å². The van der Waals surface area contributed by atoms with Crippen molar-refractivity contribution in [3.05, 3.63) is 0 Å². The Morgan fingerprint density at radius 1 is 1.36 bits per heavy atom. The zero-order valence-electron chi connectivity index (χ0n) is 7.47. The van der Waals surface area contributed by atoms with Gasteiger partial charge in [-0.3, -0.25) is 4.90 Å². The van der Waals surface area contributed by atoms with Crippen LogP contribution in [0.3, 0.4) is 0 Å². The highest BCUT2D eigenvalue weighted by Crippen LogP contribution is 2.11. The molecule has 1 heterocycles. The summed E-state index contributed by atoms with van der Waals surface area (Å²) in [6, 6.07) is 0. The Balaban J connectivity index is 2.24. The van der Waals surface area contributed by atoms with Gasteiger partial charge in [0.15, 0.2) is 0 Å². The van der Waals surface area contributed by atoms with Gasteiger partial charge in [-0.1, -0.05) is 0 Å². The second-order valence-electron chi connectivity index (χ2n) is 3.88. The summed E-state index contributed by atoms with van der Waals surface area (Å²) in [5, 5.41) is 0. The van der Waals surface area contributed by atoms with Crippen LogP contribution >= 0.6 is 11.8 Å². The average molecular weight is 174 g/mol. The van der Waals surface area contributed by atoms with Crippen LogP contribution < -0.4 is 5.73 Å². The van der Waals surface area contributed by atoms with E-state index in [0.29, 0.717) is 0 Å². The van der Waals surface area contributed by atoms with Gasteiger partial charge in [-0.05, 0) is 13.8 Å². The van der Waals surface area contributed by atoms with Gasteiger partial charge < -0.3 is 5.73 Å². The molecule has 0 unspecified atom stereocenters. The van der Waals surface area contributed by atoms with Crippen molar-refractivity contribution < 1.29 is 0 Å². The Bertz CT molecular complexity index is 114. The van der Waals surface area contributed by atoms with E-state index >= 15 is 0 Å². The molecule has 1 saturated heterocycles. The van der Waals surface area contributed by atoms with E-state index in [9.17, 15) is 0 Å². The van der Waals surface area contributed by atoms with E-state index in [2.05, 4.69) is 18.7 Å². The Morgan fingerprint density at radius 3 is 2.36 bits per heavy atom. The van der Waals surface area contributed by atoms with Gasteiger partial charge in [0.2, 0.25) is 0 Å². The van der Waals surface area contributed by atoms with E-state index in [4.69, 9.17) is 5.73 Å². The third kappa shape index (κ3) is 3.99. The van der Waals surface area contributed by atoms with Crippen molar-refractivity contribution in [2.24, 2.45) is 5.73 Å². The summed E-state index contributed by atoms with van der Waals surface area (Å²) < 4.78 is 0. The minimum Gasteiger partial charge on any atom is -0.324 e. The van der Waals surface area contributed by atoms with Crippen LogP contribution in [-0.4, -0.2) is 41.6 Å². The molecule has 0 aromatic rings. The molecule has 0 saturated carbocycles. The summed E-state index contributed by atoms with van der Waals surface area (Å²) in [5.74, 6) is 2.55. The van der Waals surface area contributed by atoms with E-state index < -0.39 is 0 Å². The lowest BCUT2D eigenvalue weighted by Crippen LogP contribution is -2.47. The lowest BCUT2D eigenvalue weighted by Gasteiger charge is -2.32. The highest BCUT2D eigenvalue weighted by atomic mass is 32.2. The van der Waals surface area contributed by atoms with Gasteiger partial charge >= 0.3 is 0 Å². The molecule has 0 radical (unpaired) electrons. The SMILES string of the molecule is CC(C)(N)CN1CCSCC1. The van der Waals surface area contributed by atoms with Gasteiger partial charge in [-0.15, -0.1) is 0 Å². The van der Waals surface area contributed by atoms with E-state index in [1.807, 2.05) is 11.8 Å². The molecule has 1 fully saturated rings. The number of hydrogen-bond donors (Lipinski definition) is 1. The predicted molar refractivity (Wildman–Crippen MR) is 52.0 cm³/mol. The topological polar surface area (TPSA) is 29.3 Å². The molecule has 1 aliphatic rings. The van der Waals surface area contributed by atoms with E-state index in [1.165, 1.54) is 24.6 Å². The van der Waals surface area contributed by atoms with Gasteiger partial charge in [0.25, 0.3) is 0 Å². The molecule has 66 valence electrons. The van der Waals surface area contributed by atoms with Crippen molar-refractivity contribution >= 4 is 11.8 Å². The minimum atomic E-state index is -0.0258. The molecule has 2 N–H and O–H groups in total. The predicted octanol–water partition coefficient (Wildman–Crippen LogP) is 0.772. The Morgan fingerprint density at radius 2 is 1.91 bits per heavy atom. The van der Waals surface area contributed by atoms with E-state index in [-0.39, 0.29) is 5.54 Å². The summed E-state index contributed by atoms with van der Waals surface area (Å²) in [7, 11) is 0. The highest BCUT2D eigenvalue weighted by molar-refractivity contribution is 7.99. The van der Waals surface area contributed by atoms with Crippen molar-refractivity contribution in [1.29, 1.82) is 0 Å². The molecule has 2 nitrogen and oxygen atoms in total. The summed E-state index contributed by atoms with van der Waals surface area (Å²) in [6.07, 6.45) is 0. The maximum Gasteiger partial charge on any atom is 0.0226 e. The molecular weight excluding hydrogens is 156 g/mol. The Hall–Kier alpha value is 0.270. The highest BCUT2D eigenvalue weighted by Gasteiger charge is 2.18. The number of nitrogens with zero attached hydrogens (tertiary/aromatic N) is 1.